The summed E-state index contributed by atoms with van der Waals surface area (Å²) in [6.45, 7) is 7.00. The molecule has 0 aliphatic heterocycles. The number of carbonyl (C=O) groups is 1. The summed E-state index contributed by atoms with van der Waals surface area (Å²) in [7, 11) is 1.77. The Balaban J connectivity index is 2.12. The van der Waals surface area contributed by atoms with E-state index in [9.17, 15) is 4.79 Å². The van der Waals surface area contributed by atoms with E-state index in [0.717, 1.165) is 18.4 Å². The third kappa shape index (κ3) is 2.66. The van der Waals surface area contributed by atoms with Crippen LogP contribution >= 0.6 is 0 Å². The van der Waals surface area contributed by atoms with Crippen molar-refractivity contribution in [3.63, 3.8) is 0 Å². The Morgan fingerprint density at radius 3 is 2.32 bits per heavy atom. The van der Waals surface area contributed by atoms with Crippen molar-refractivity contribution in [2.24, 2.45) is 17.1 Å². The molecule has 22 heavy (non-hydrogen) atoms. The van der Waals surface area contributed by atoms with E-state index >= 15 is 0 Å². The zero-order valence-electron chi connectivity index (χ0n) is 14.1. The summed E-state index contributed by atoms with van der Waals surface area (Å²) >= 11 is 0. The molecule has 0 radical (unpaired) electrons. The van der Waals surface area contributed by atoms with Crippen molar-refractivity contribution >= 4 is 5.91 Å². The second-order valence-corrected chi connectivity index (χ2v) is 6.31. The first-order chi connectivity index (χ1) is 10.5. The topological polar surface area (TPSA) is 64.4 Å². The molecule has 1 fully saturated rings. The van der Waals surface area contributed by atoms with Gasteiger partial charge in [-0.05, 0) is 30.5 Å². The minimum Gasteiger partial charge on any atom is -0.380 e. The quantitative estimate of drug-likeness (QED) is 0.849. The van der Waals surface area contributed by atoms with Crippen LogP contribution in [0.3, 0.4) is 0 Å². The van der Waals surface area contributed by atoms with Crippen LogP contribution in [0, 0.1) is 11.3 Å². The summed E-state index contributed by atoms with van der Waals surface area (Å²) in [5.74, 6) is 0.318. The van der Waals surface area contributed by atoms with E-state index in [-0.39, 0.29) is 23.5 Å². The molecule has 4 nitrogen and oxygen atoms in total. The summed E-state index contributed by atoms with van der Waals surface area (Å²) in [4.78, 5) is 12.5. The highest BCUT2D eigenvalue weighted by molar-refractivity contribution is 5.94. The van der Waals surface area contributed by atoms with Gasteiger partial charge in [0.05, 0.1) is 6.10 Å². The number of amides is 1. The van der Waals surface area contributed by atoms with Gasteiger partial charge in [0.1, 0.15) is 0 Å². The van der Waals surface area contributed by atoms with E-state index in [0.29, 0.717) is 18.0 Å². The smallest absolute Gasteiger partial charge is 0.251 e. The van der Waals surface area contributed by atoms with Crippen molar-refractivity contribution in [1.29, 1.82) is 0 Å². The Bertz CT molecular complexity index is 508. The van der Waals surface area contributed by atoms with Gasteiger partial charge in [0.15, 0.2) is 0 Å². The van der Waals surface area contributed by atoms with Crippen molar-refractivity contribution in [2.75, 3.05) is 7.11 Å². The number of benzene rings is 1. The second-order valence-electron chi connectivity index (χ2n) is 6.31. The maximum absolute atomic E-state index is 12.5. The molecule has 1 saturated carbocycles. The van der Waals surface area contributed by atoms with Gasteiger partial charge in [0, 0.05) is 36.6 Å². The van der Waals surface area contributed by atoms with Gasteiger partial charge in [0.25, 0.3) is 5.91 Å². The molecule has 1 aromatic rings. The van der Waals surface area contributed by atoms with Crippen LogP contribution in [0.25, 0.3) is 0 Å². The van der Waals surface area contributed by atoms with Crippen LogP contribution in [0.1, 0.15) is 49.5 Å². The van der Waals surface area contributed by atoms with E-state index in [1.54, 1.807) is 7.11 Å². The number of ether oxygens (including phenoxy) is 1. The molecule has 1 aliphatic carbocycles. The summed E-state index contributed by atoms with van der Waals surface area (Å²) < 4.78 is 5.68. The van der Waals surface area contributed by atoms with Crippen molar-refractivity contribution in [3.8, 4) is 0 Å². The second kappa shape index (κ2) is 6.80. The Labute approximate surface area is 133 Å². The first-order valence-corrected chi connectivity index (χ1v) is 8.16. The van der Waals surface area contributed by atoms with E-state index in [4.69, 9.17) is 10.5 Å². The van der Waals surface area contributed by atoms with Crippen LogP contribution in [0.4, 0.5) is 0 Å². The van der Waals surface area contributed by atoms with Gasteiger partial charge in [-0.25, -0.2) is 0 Å². The lowest BCUT2D eigenvalue weighted by Gasteiger charge is -2.59. The standard InChI is InChI=1S/C18H28N2O2/c1-5-18(6-2)15(12(3)16(18)22-4)20-17(21)14-9-7-13(11-19)8-10-14/h7-10,12,15-16H,5-6,11,19H2,1-4H3,(H,20,21). The molecule has 1 amide bonds. The predicted octanol–water partition coefficient (Wildman–Crippen LogP) is 2.71. The van der Waals surface area contributed by atoms with Crippen LogP contribution < -0.4 is 11.1 Å². The Hall–Kier alpha value is -1.39. The van der Waals surface area contributed by atoms with Crippen LogP contribution in [-0.4, -0.2) is 25.2 Å². The Kier molecular flexibility index (Phi) is 5.24. The highest BCUT2D eigenvalue weighted by atomic mass is 16.5. The van der Waals surface area contributed by atoms with Gasteiger partial charge in [-0.2, -0.15) is 0 Å². The fourth-order valence-electron chi connectivity index (χ4n) is 4.11. The third-order valence-corrected chi connectivity index (χ3v) is 5.50. The van der Waals surface area contributed by atoms with Crippen LogP contribution in [-0.2, 0) is 11.3 Å². The molecule has 0 bridgehead atoms. The molecule has 3 unspecified atom stereocenters. The number of methoxy groups -OCH3 is 1. The molecule has 3 N–H and O–H groups in total. The number of carbonyl (C=O) groups excluding carboxylic acids is 1. The lowest BCUT2D eigenvalue weighted by Crippen LogP contribution is -2.69. The molecule has 1 aromatic carbocycles. The first kappa shape index (κ1) is 17.0. The molecule has 1 aliphatic rings. The SMILES string of the molecule is CCC1(CC)C(NC(=O)c2ccc(CN)cc2)C(C)C1OC. The average Bonchev–Trinajstić information content (AvgIpc) is 2.56. The van der Waals surface area contributed by atoms with E-state index in [2.05, 4.69) is 26.1 Å². The molecule has 4 heteroatoms. The van der Waals surface area contributed by atoms with Gasteiger partial charge in [-0.15, -0.1) is 0 Å². The number of nitrogens with two attached hydrogens (primary N) is 1. The largest absolute Gasteiger partial charge is 0.380 e. The minimum absolute atomic E-state index is 0.0127. The maximum Gasteiger partial charge on any atom is 0.251 e. The lowest BCUT2D eigenvalue weighted by molar-refractivity contribution is -0.164. The average molecular weight is 304 g/mol. The summed E-state index contributed by atoms with van der Waals surface area (Å²) in [6.07, 6.45) is 2.22. The van der Waals surface area contributed by atoms with Gasteiger partial charge in [-0.1, -0.05) is 32.9 Å². The van der Waals surface area contributed by atoms with Gasteiger partial charge in [0.2, 0.25) is 0 Å². The fraction of sp³-hybridized carbons (Fsp3) is 0.611. The minimum atomic E-state index is -0.0127. The number of hydrogen-bond donors (Lipinski definition) is 2. The van der Waals surface area contributed by atoms with Crippen molar-refractivity contribution in [1.82, 2.24) is 5.32 Å². The lowest BCUT2D eigenvalue weighted by atomic mass is 9.53. The first-order valence-electron chi connectivity index (χ1n) is 8.16. The number of nitrogens with one attached hydrogen (secondary N) is 1. The van der Waals surface area contributed by atoms with Gasteiger partial charge in [-0.3, -0.25) is 4.79 Å². The zero-order valence-corrected chi connectivity index (χ0v) is 14.1. The molecule has 0 aromatic heterocycles. The normalized spacial score (nSPS) is 26.3. The monoisotopic (exact) mass is 304 g/mol. The summed E-state index contributed by atoms with van der Waals surface area (Å²) in [6, 6.07) is 7.66. The molecule has 122 valence electrons. The molecule has 0 spiro atoms. The van der Waals surface area contributed by atoms with Crippen LogP contribution in [0.2, 0.25) is 0 Å². The number of rotatable bonds is 6. The van der Waals surface area contributed by atoms with Crippen LogP contribution in [0.15, 0.2) is 24.3 Å². The van der Waals surface area contributed by atoms with E-state index in [1.165, 1.54) is 0 Å². The zero-order chi connectivity index (χ0) is 16.3. The van der Waals surface area contributed by atoms with Crippen molar-refractivity contribution < 1.29 is 9.53 Å². The number of hydrogen-bond acceptors (Lipinski definition) is 3. The summed E-state index contributed by atoms with van der Waals surface area (Å²) in [5, 5.41) is 3.23. The highest BCUT2D eigenvalue weighted by Gasteiger charge is 2.58. The molecule has 3 atom stereocenters. The highest BCUT2D eigenvalue weighted by Crippen LogP contribution is 2.52. The van der Waals surface area contributed by atoms with Crippen molar-refractivity contribution in [3.05, 3.63) is 35.4 Å². The molecular weight excluding hydrogens is 276 g/mol. The van der Waals surface area contributed by atoms with Gasteiger partial charge >= 0.3 is 0 Å². The Morgan fingerprint density at radius 1 is 1.27 bits per heavy atom. The molecule has 0 heterocycles. The Morgan fingerprint density at radius 2 is 1.86 bits per heavy atom. The molecule has 0 saturated heterocycles. The van der Waals surface area contributed by atoms with Crippen LogP contribution in [0.5, 0.6) is 0 Å². The molecular formula is C18H28N2O2. The van der Waals surface area contributed by atoms with E-state index in [1.807, 2.05) is 24.3 Å². The molecule has 2 rings (SSSR count). The van der Waals surface area contributed by atoms with E-state index < -0.39 is 0 Å². The van der Waals surface area contributed by atoms with Gasteiger partial charge < -0.3 is 15.8 Å². The maximum atomic E-state index is 12.5. The van der Waals surface area contributed by atoms with Crippen molar-refractivity contribution in [2.45, 2.75) is 52.3 Å². The predicted molar refractivity (Wildman–Crippen MR) is 88.6 cm³/mol. The third-order valence-electron chi connectivity index (χ3n) is 5.50. The summed E-state index contributed by atoms with van der Waals surface area (Å²) in [5.41, 5.74) is 7.35. The fourth-order valence-corrected chi connectivity index (χ4v) is 4.11.